The SMILES string of the molecule is CC(C)c1ccccc1OCC(=O)OCC(=O)Nc1sc2c(c1C(N)=O)CCCC2. The Hall–Kier alpha value is -2.87. The van der Waals surface area contributed by atoms with E-state index in [9.17, 15) is 14.4 Å². The highest BCUT2D eigenvalue weighted by atomic mass is 32.1. The molecular weight excluding hydrogens is 404 g/mol. The number of para-hydroxylation sites is 1. The molecule has 0 aliphatic heterocycles. The summed E-state index contributed by atoms with van der Waals surface area (Å²) >= 11 is 1.37. The van der Waals surface area contributed by atoms with Crippen LogP contribution in [0.1, 0.15) is 59.0 Å². The van der Waals surface area contributed by atoms with Crippen LogP contribution in [0.15, 0.2) is 24.3 Å². The Morgan fingerprint density at radius 2 is 1.87 bits per heavy atom. The molecule has 7 nitrogen and oxygen atoms in total. The van der Waals surface area contributed by atoms with Gasteiger partial charge in [-0.1, -0.05) is 32.0 Å². The van der Waals surface area contributed by atoms with Gasteiger partial charge in [0.25, 0.3) is 11.8 Å². The smallest absolute Gasteiger partial charge is 0.344 e. The topological polar surface area (TPSA) is 108 Å². The van der Waals surface area contributed by atoms with Gasteiger partial charge in [-0.05, 0) is 48.8 Å². The summed E-state index contributed by atoms with van der Waals surface area (Å²) in [6.07, 6.45) is 3.70. The summed E-state index contributed by atoms with van der Waals surface area (Å²) in [5.74, 6) is -0.863. The molecule has 0 atom stereocenters. The third-order valence-corrected chi connectivity index (χ3v) is 6.13. The Balaban J connectivity index is 1.53. The maximum absolute atomic E-state index is 12.2. The fraction of sp³-hybridized carbons (Fsp3) is 0.409. The van der Waals surface area contributed by atoms with E-state index in [0.717, 1.165) is 41.7 Å². The molecule has 8 heteroatoms. The number of nitrogens with two attached hydrogens (primary N) is 1. The van der Waals surface area contributed by atoms with Crippen LogP contribution in [-0.2, 0) is 27.2 Å². The van der Waals surface area contributed by atoms with Gasteiger partial charge in [-0.25, -0.2) is 4.79 Å². The van der Waals surface area contributed by atoms with Crippen molar-refractivity contribution in [1.29, 1.82) is 0 Å². The number of carbonyl (C=O) groups is 3. The average Bonchev–Trinajstić information content (AvgIpc) is 3.08. The van der Waals surface area contributed by atoms with Gasteiger partial charge in [0.05, 0.1) is 5.56 Å². The van der Waals surface area contributed by atoms with E-state index in [4.69, 9.17) is 15.2 Å². The number of rotatable bonds is 8. The van der Waals surface area contributed by atoms with Crippen molar-refractivity contribution in [3.05, 3.63) is 45.8 Å². The largest absolute Gasteiger partial charge is 0.482 e. The van der Waals surface area contributed by atoms with Crippen LogP contribution in [0.25, 0.3) is 0 Å². The van der Waals surface area contributed by atoms with E-state index in [-0.39, 0.29) is 12.5 Å². The number of hydrogen-bond donors (Lipinski definition) is 2. The fourth-order valence-corrected chi connectivity index (χ4v) is 4.80. The zero-order chi connectivity index (χ0) is 21.7. The zero-order valence-electron chi connectivity index (χ0n) is 17.2. The molecule has 0 saturated heterocycles. The number of aryl methyl sites for hydroxylation is 1. The van der Waals surface area contributed by atoms with Crippen molar-refractivity contribution in [2.45, 2.75) is 45.4 Å². The quantitative estimate of drug-likeness (QED) is 0.624. The Bertz CT molecular complexity index is 951. The van der Waals surface area contributed by atoms with Gasteiger partial charge in [-0.15, -0.1) is 11.3 Å². The van der Waals surface area contributed by atoms with Crippen LogP contribution in [0, 0.1) is 0 Å². The van der Waals surface area contributed by atoms with Gasteiger partial charge in [-0.2, -0.15) is 0 Å². The number of benzene rings is 1. The Morgan fingerprint density at radius 1 is 1.13 bits per heavy atom. The van der Waals surface area contributed by atoms with E-state index >= 15 is 0 Å². The molecule has 2 amide bonds. The van der Waals surface area contributed by atoms with Gasteiger partial charge in [0, 0.05) is 4.88 Å². The van der Waals surface area contributed by atoms with Crippen LogP contribution in [0.3, 0.4) is 0 Å². The third kappa shape index (κ3) is 5.18. The zero-order valence-corrected chi connectivity index (χ0v) is 18.0. The van der Waals surface area contributed by atoms with E-state index in [1.807, 2.05) is 32.0 Å². The maximum Gasteiger partial charge on any atom is 0.344 e. The van der Waals surface area contributed by atoms with Crippen LogP contribution in [0.4, 0.5) is 5.00 Å². The number of anilines is 1. The monoisotopic (exact) mass is 430 g/mol. The second kappa shape index (κ2) is 9.75. The number of thiophene rings is 1. The van der Waals surface area contributed by atoms with Crippen LogP contribution in [0.5, 0.6) is 5.75 Å². The van der Waals surface area contributed by atoms with E-state index in [1.54, 1.807) is 6.07 Å². The number of fused-ring (bicyclic) bond motifs is 1. The number of esters is 1. The maximum atomic E-state index is 12.2. The summed E-state index contributed by atoms with van der Waals surface area (Å²) < 4.78 is 10.6. The molecule has 3 rings (SSSR count). The van der Waals surface area contributed by atoms with Crippen molar-refractivity contribution in [3.63, 3.8) is 0 Å². The van der Waals surface area contributed by atoms with Crippen molar-refractivity contribution < 1.29 is 23.9 Å². The van der Waals surface area contributed by atoms with E-state index in [1.165, 1.54) is 11.3 Å². The van der Waals surface area contributed by atoms with Gasteiger partial charge < -0.3 is 20.5 Å². The highest BCUT2D eigenvalue weighted by molar-refractivity contribution is 7.17. The molecule has 1 aromatic heterocycles. The van der Waals surface area contributed by atoms with Crippen molar-refractivity contribution in [3.8, 4) is 5.75 Å². The molecule has 0 radical (unpaired) electrons. The highest BCUT2D eigenvalue weighted by Crippen LogP contribution is 2.37. The normalized spacial score (nSPS) is 12.9. The number of nitrogens with one attached hydrogen (secondary N) is 1. The van der Waals surface area contributed by atoms with Gasteiger partial charge in [-0.3, -0.25) is 9.59 Å². The summed E-state index contributed by atoms with van der Waals surface area (Å²) in [6.45, 7) is 3.31. The summed E-state index contributed by atoms with van der Waals surface area (Å²) in [5.41, 5.74) is 7.82. The Labute approximate surface area is 179 Å². The predicted molar refractivity (Wildman–Crippen MR) is 115 cm³/mol. The lowest BCUT2D eigenvalue weighted by Crippen LogP contribution is -2.25. The van der Waals surface area contributed by atoms with Crippen molar-refractivity contribution in [2.75, 3.05) is 18.5 Å². The molecule has 1 aromatic carbocycles. The van der Waals surface area contributed by atoms with Gasteiger partial charge in [0.2, 0.25) is 0 Å². The first-order chi connectivity index (χ1) is 14.4. The summed E-state index contributed by atoms with van der Waals surface area (Å²) in [4.78, 5) is 37.2. The lowest BCUT2D eigenvalue weighted by atomic mass is 9.95. The molecule has 0 bridgehead atoms. The second-order valence-corrected chi connectivity index (χ2v) is 8.57. The van der Waals surface area contributed by atoms with Crippen molar-refractivity contribution in [2.24, 2.45) is 5.73 Å². The number of ether oxygens (including phenoxy) is 2. The molecule has 2 aromatic rings. The van der Waals surface area contributed by atoms with Gasteiger partial charge in [0.1, 0.15) is 10.8 Å². The fourth-order valence-electron chi connectivity index (χ4n) is 3.49. The van der Waals surface area contributed by atoms with Crippen molar-refractivity contribution >= 4 is 34.1 Å². The minimum atomic E-state index is -0.649. The first-order valence-electron chi connectivity index (χ1n) is 9.98. The van der Waals surface area contributed by atoms with E-state index in [2.05, 4.69) is 5.32 Å². The minimum Gasteiger partial charge on any atom is -0.482 e. The van der Waals surface area contributed by atoms with Crippen LogP contribution < -0.4 is 15.8 Å². The predicted octanol–water partition coefficient (Wildman–Crippen LogP) is 3.41. The second-order valence-electron chi connectivity index (χ2n) is 7.47. The van der Waals surface area contributed by atoms with Gasteiger partial charge in [0.15, 0.2) is 13.2 Å². The lowest BCUT2D eigenvalue weighted by molar-refractivity contribution is -0.149. The molecule has 0 saturated carbocycles. The standard InChI is InChI=1S/C22H26N2O5S/c1-13(2)14-7-3-5-9-16(14)28-12-19(26)29-11-18(25)24-22-20(21(23)27)15-8-4-6-10-17(15)30-22/h3,5,7,9,13H,4,6,8,10-12H2,1-2H3,(H2,23,27)(H,24,25). The Kier molecular flexibility index (Phi) is 7.10. The van der Waals surface area contributed by atoms with Crippen LogP contribution >= 0.6 is 11.3 Å². The summed E-state index contributed by atoms with van der Waals surface area (Å²) in [5, 5.41) is 3.09. The number of carbonyl (C=O) groups excluding carboxylic acids is 3. The van der Waals surface area contributed by atoms with E-state index in [0.29, 0.717) is 16.3 Å². The Morgan fingerprint density at radius 3 is 2.60 bits per heavy atom. The molecule has 30 heavy (non-hydrogen) atoms. The van der Waals surface area contributed by atoms with Gasteiger partial charge >= 0.3 is 5.97 Å². The molecule has 160 valence electrons. The molecule has 0 unspecified atom stereocenters. The minimum absolute atomic E-state index is 0.249. The average molecular weight is 431 g/mol. The van der Waals surface area contributed by atoms with E-state index < -0.39 is 24.4 Å². The molecule has 0 spiro atoms. The lowest BCUT2D eigenvalue weighted by Gasteiger charge is -2.13. The molecule has 3 N–H and O–H groups in total. The molecular formula is C22H26N2O5S. The highest BCUT2D eigenvalue weighted by Gasteiger charge is 2.25. The van der Waals surface area contributed by atoms with Crippen LogP contribution in [-0.4, -0.2) is 31.0 Å². The number of amides is 2. The molecule has 1 aliphatic carbocycles. The first-order valence-corrected chi connectivity index (χ1v) is 10.8. The number of hydrogen-bond acceptors (Lipinski definition) is 6. The summed E-state index contributed by atoms with van der Waals surface area (Å²) in [6, 6.07) is 7.47. The molecule has 1 aliphatic rings. The van der Waals surface area contributed by atoms with Crippen molar-refractivity contribution in [1.82, 2.24) is 0 Å². The first kappa shape index (κ1) is 21.8. The summed E-state index contributed by atoms with van der Waals surface area (Å²) in [7, 11) is 0. The molecule has 0 fully saturated rings. The van der Waals surface area contributed by atoms with Crippen LogP contribution in [0.2, 0.25) is 0 Å². The third-order valence-electron chi connectivity index (χ3n) is 4.92. The number of primary amides is 1. The molecule has 1 heterocycles.